The number of carbonyl (C=O) groups excluding carboxylic acids is 2. The molecule has 4 N–H and O–H groups in total. The Morgan fingerprint density at radius 3 is 2.35 bits per heavy atom. The van der Waals surface area contributed by atoms with Gasteiger partial charge < -0.3 is 34.7 Å². The summed E-state index contributed by atoms with van der Waals surface area (Å²) in [6.45, 7) is 3.47. The minimum absolute atomic E-state index is 0.0553. The van der Waals surface area contributed by atoms with Gasteiger partial charge in [-0.25, -0.2) is 9.59 Å². The van der Waals surface area contributed by atoms with Gasteiger partial charge in [-0.05, 0) is 26.0 Å². The zero-order chi connectivity index (χ0) is 24.9. The lowest BCUT2D eigenvalue weighted by atomic mass is 10.1. The number of pyridine rings is 1. The molecule has 2 unspecified atom stereocenters. The third-order valence-corrected chi connectivity index (χ3v) is 4.64. The van der Waals surface area contributed by atoms with Crippen LogP contribution < -0.4 is 25.4 Å². The number of amides is 2. The molecule has 0 spiro atoms. The largest absolute Gasteiger partial charge is 0.488 e. The van der Waals surface area contributed by atoms with Crippen LogP contribution in [-0.2, 0) is 22.7 Å². The van der Waals surface area contributed by atoms with Crippen molar-refractivity contribution in [2.75, 3.05) is 27.2 Å². The number of carbonyl (C=O) groups is 2. The summed E-state index contributed by atoms with van der Waals surface area (Å²) in [6.07, 6.45) is -0.916. The van der Waals surface area contributed by atoms with Gasteiger partial charge in [0, 0.05) is 38.0 Å². The molecule has 1 aromatic heterocycles. The molecule has 0 aliphatic heterocycles. The molecule has 11 heteroatoms. The Bertz CT molecular complexity index is 927. The summed E-state index contributed by atoms with van der Waals surface area (Å²) in [5.41, 5.74) is 1.52. The second kappa shape index (κ2) is 13.9. The van der Waals surface area contributed by atoms with Crippen molar-refractivity contribution < 1.29 is 33.6 Å². The predicted octanol–water partition coefficient (Wildman–Crippen LogP) is 1.86. The monoisotopic (exact) mass is 476 g/mol. The lowest BCUT2D eigenvalue weighted by Gasteiger charge is -2.21. The summed E-state index contributed by atoms with van der Waals surface area (Å²) in [4.78, 5) is 27.4. The van der Waals surface area contributed by atoms with E-state index in [-0.39, 0.29) is 32.6 Å². The third-order valence-electron chi connectivity index (χ3n) is 4.64. The van der Waals surface area contributed by atoms with Crippen molar-refractivity contribution in [3.63, 3.8) is 0 Å². The molecule has 1 aromatic carbocycles. The number of aliphatic hydroxyl groups excluding tert-OH is 1. The molecule has 186 valence electrons. The summed E-state index contributed by atoms with van der Waals surface area (Å²) in [6, 6.07) is 9.34. The van der Waals surface area contributed by atoms with Gasteiger partial charge in [0.05, 0.1) is 5.69 Å². The van der Waals surface area contributed by atoms with Crippen LogP contribution in [0.4, 0.5) is 9.59 Å². The number of hydrogen-bond donors (Lipinski definition) is 4. The number of para-hydroxylation sites is 1. The second-order valence-corrected chi connectivity index (χ2v) is 7.27. The Morgan fingerprint density at radius 2 is 1.71 bits per heavy atom. The van der Waals surface area contributed by atoms with E-state index in [0.29, 0.717) is 28.3 Å². The van der Waals surface area contributed by atoms with E-state index in [1.165, 1.54) is 20.3 Å². The minimum atomic E-state index is -0.861. The molecule has 2 amide bonds. The van der Waals surface area contributed by atoms with Gasteiger partial charge in [0.25, 0.3) is 0 Å². The van der Waals surface area contributed by atoms with E-state index in [4.69, 9.17) is 18.9 Å². The van der Waals surface area contributed by atoms with Crippen molar-refractivity contribution in [1.82, 2.24) is 20.9 Å². The Labute approximate surface area is 198 Å². The zero-order valence-corrected chi connectivity index (χ0v) is 19.8. The van der Waals surface area contributed by atoms with Crippen molar-refractivity contribution in [3.8, 4) is 11.5 Å². The minimum Gasteiger partial charge on any atom is -0.488 e. The number of alkyl carbamates (subject to hydrolysis) is 2. The van der Waals surface area contributed by atoms with E-state index in [1.807, 2.05) is 37.3 Å². The molecule has 0 fully saturated rings. The Balaban J connectivity index is 2.02. The maximum Gasteiger partial charge on any atom is 0.407 e. The number of nitrogens with one attached hydrogen (secondary N) is 3. The van der Waals surface area contributed by atoms with Gasteiger partial charge in [-0.3, -0.25) is 10.3 Å². The van der Waals surface area contributed by atoms with E-state index in [9.17, 15) is 14.7 Å². The van der Waals surface area contributed by atoms with Gasteiger partial charge in [-0.15, -0.1) is 0 Å². The van der Waals surface area contributed by atoms with Crippen LogP contribution in [0.1, 0.15) is 23.7 Å². The van der Waals surface area contributed by atoms with E-state index >= 15 is 0 Å². The standard InChI is InChI=1S/C23H32N4O7/c1-15-21(31-13-18(28)11-27-16(2)34-19-8-6-5-7-9-19)20(14-33-23(30)25-4)17(10-26-15)12-32-22(29)24-3/h5-10,16,18,27-28H,11-14H2,1-4H3,(H,24,29)(H,25,30). The van der Waals surface area contributed by atoms with Crippen LogP contribution in [0, 0.1) is 6.92 Å². The fourth-order valence-electron chi connectivity index (χ4n) is 2.86. The number of hydrogen-bond acceptors (Lipinski definition) is 9. The van der Waals surface area contributed by atoms with Crippen LogP contribution in [0.3, 0.4) is 0 Å². The smallest absolute Gasteiger partial charge is 0.407 e. The number of nitrogens with zero attached hydrogens (tertiary/aromatic N) is 1. The fraction of sp³-hybridized carbons (Fsp3) is 0.435. The first kappa shape index (κ1) is 26.7. The summed E-state index contributed by atoms with van der Waals surface area (Å²) < 4.78 is 21.9. The first-order valence-electron chi connectivity index (χ1n) is 10.8. The molecule has 11 nitrogen and oxygen atoms in total. The molecule has 0 aliphatic carbocycles. The SMILES string of the molecule is CNC(=O)OCc1cnc(C)c(OCC(O)CNC(C)Oc2ccccc2)c1COC(=O)NC. The topological polar surface area (TPSA) is 140 Å². The molecule has 2 atom stereocenters. The van der Waals surface area contributed by atoms with Crippen molar-refractivity contribution >= 4 is 12.2 Å². The molecule has 2 aromatic rings. The Hall–Kier alpha value is -3.57. The zero-order valence-electron chi connectivity index (χ0n) is 19.8. The highest BCUT2D eigenvalue weighted by atomic mass is 16.6. The van der Waals surface area contributed by atoms with Crippen molar-refractivity contribution in [2.24, 2.45) is 0 Å². The van der Waals surface area contributed by atoms with E-state index in [0.717, 1.165) is 0 Å². The first-order chi connectivity index (χ1) is 16.3. The van der Waals surface area contributed by atoms with E-state index in [2.05, 4.69) is 20.9 Å². The van der Waals surface area contributed by atoms with E-state index < -0.39 is 18.3 Å². The van der Waals surface area contributed by atoms with Crippen molar-refractivity contribution in [1.29, 1.82) is 0 Å². The molecule has 2 rings (SSSR count). The molecular formula is C23H32N4O7. The third kappa shape index (κ3) is 8.75. The summed E-state index contributed by atoms with van der Waals surface area (Å²) in [7, 11) is 2.89. The summed E-state index contributed by atoms with van der Waals surface area (Å²) >= 11 is 0. The van der Waals surface area contributed by atoms with Gasteiger partial charge in [-0.1, -0.05) is 18.2 Å². The number of benzene rings is 1. The Kier molecular flexibility index (Phi) is 10.9. The van der Waals surface area contributed by atoms with Gasteiger partial charge in [0.2, 0.25) is 0 Å². The van der Waals surface area contributed by atoms with Gasteiger partial charge in [-0.2, -0.15) is 0 Å². The number of rotatable bonds is 12. The van der Waals surface area contributed by atoms with Crippen LogP contribution in [-0.4, -0.2) is 61.9 Å². The highest BCUT2D eigenvalue weighted by Gasteiger charge is 2.19. The molecule has 0 aliphatic rings. The maximum absolute atomic E-state index is 11.6. The highest BCUT2D eigenvalue weighted by molar-refractivity contribution is 5.67. The van der Waals surface area contributed by atoms with Gasteiger partial charge >= 0.3 is 12.2 Å². The molecule has 0 saturated carbocycles. The molecule has 1 heterocycles. The van der Waals surface area contributed by atoms with Gasteiger partial charge in [0.15, 0.2) is 0 Å². The molecule has 0 radical (unpaired) electrons. The number of aliphatic hydroxyl groups is 1. The quantitative estimate of drug-likeness (QED) is 0.338. The average molecular weight is 477 g/mol. The predicted molar refractivity (Wildman–Crippen MR) is 123 cm³/mol. The average Bonchev–Trinajstić information content (AvgIpc) is 2.84. The van der Waals surface area contributed by atoms with Crippen molar-refractivity contribution in [3.05, 3.63) is 53.3 Å². The number of aryl methyl sites for hydroxylation is 1. The Morgan fingerprint density at radius 1 is 1.06 bits per heavy atom. The number of ether oxygens (including phenoxy) is 4. The first-order valence-corrected chi connectivity index (χ1v) is 10.8. The highest BCUT2D eigenvalue weighted by Crippen LogP contribution is 2.27. The van der Waals surface area contributed by atoms with Crippen LogP contribution in [0.2, 0.25) is 0 Å². The lowest BCUT2D eigenvalue weighted by molar-refractivity contribution is 0.0843. The van der Waals surface area contributed by atoms with Crippen LogP contribution in [0.25, 0.3) is 0 Å². The second-order valence-electron chi connectivity index (χ2n) is 7.27. The lowest BCUT2D eigenvalue weighted by Crippen LogP contribution is -2.39. The fourth-order valence-corrected chi connectivity index (χ4v) is 2.86. The normalized spacial score (nSPS) is 12.3. The molecule has 34 heavy (non-hydrogen) atoms. The molecular weight excluding hydrogens is 444 g/mol. The van der Waals surface area contributed by atoms with Crippen molar-refractivity contribution in [2.45, 2.75) is 39.4 Å². The van der Waals surface area contributed by atoms with Crippen LogP contribution >= 0.6 is 0 Å². The van der Waals surface area contributed by atoms with Crippen LogP contribution in [0.15, 0.2) is 36.5 Å². The van der Waals surface area contributed by atoms with E-state index in [1.54, 1.807) is 6.92 Å². The summed E-state index contributed by atoms with van der Waals surface area (Å²) in [5, 5.41) is 18.2. The maximum atomic E-state index is 11.6. The number of aromatic nitrogens is 1. The van der Waals surface area contributed by atoms with Crippen LogP contribution in [0.5, 0.6) is 11.5 Å². The van der Waals surface area contributed by atoms with Gasteiger partial charge in [0.1, 0.15) is 43.7 Å². The molecule has 0 saturated heterocycles. The summed E-state index contributed by atoms with van der Waals surface area (Å²) in [5.74, 6) is 1.06. The molecule has 0 bridgehead atoms.